The fourth-order valence-corrected chi connectivity index (χ4v) is 2.56. The highest BCUT2D eigenvalue weighted by atomic mass is 16.1. The molecule has 1 aliphatic rings. The molecule has 0 aliphatic carbocycles. The lowest BCUT2D eigenvalue weighted by molar-refractivity contribution is -0.116. The van der Waals surface area contributed by atoms with Gasteiger partial charge in [0.25, 0.3) is 0 Å². The molecule has 0 bridgehead atoms. The standard InChI is InChI=1S/C16H17N3O/c1-11-6-7-17-10-15(11)19-16(20)8-12-9-18-14-5-3-2-4-13(12)14/h2-7,10,12,18H,8-9H2,1H3,(H,19,20). The van der Waals surface area contributed by atoms with Gasteiger partial charge in [-0.3, -0.25) is 9.78 Å². The quantitative estimate of drug-likeness (QED) is 0.899. The number of carbonyl (C=O) groups excluding carboxylic acids is 1. The molecule has 20 heavy (non-hydrogen) atoms. The maximum absolute atomic E-state index is 12.2. The van der Waals surface area contributed by atoms with Crippen LogP contribution in [0.5, 0.6) is 0 Å². The average Bonchev–Trinajstić information content (AvgIpc) is 2.85. The molecule has 102 valence electrons. The van der Waals surface area contributed by atoms with Gasteiger partial charge in [0.15, 0.2) is 0 Å². The molecule has 4 heteroatoms. The Balaban J connectivity index is 1.68. The Hall–Kier alpha value is -2.36. The van der Waals surface area contributed by atoms with Gasteiger partial charge in [0.05, 0.1) is 11.9 Å². The van der Waals surface area contributed by atoms with Crippen LogP contribution < -0.4 is 10.6 Å². The van der Waals surface area contributed by atoms with Crippen LogP contribution in [0.1, 0.15) is 23.5 Å². The lowest BCUT2D eigenvalue weighted by Gasteiger charge is -2.11. The number of fused-ring (bicyclic) bond motifs is 1. The second kappa shape index (κ2) is 5.33. The number of aryl methyl sites for hydroxylation is 1. The maximum Gasteiger partial charge on any atom is 0.225 e. The summed E-state index contributed by atoms with van der Waals surface area (Å²) in [4.78, 5) is 16.2. The van der Waals surface area contributed by atoms with Crippen LogP contribution in [-0.2, 0) is 4.79 Å². The minimum absolute atomic E-state index is 0.0320. The van der Waals surface area contributed by atoms with Gasteiger partial charge in [0.1, 0.15) is 0 Å². The zero-order valence-electron chi connectivity index (χ0n) is 11.4. The second-order valence-corrected chi connectivity index (χ2v) is 5.11. The molecular formula is C16H17N3O. The highest BCUT2D eigenvalue weighted by molar-refractivity contribution is 5.92. The predicted octanol–water partition coefficient (Wildman–Crippen LogP) is 2.93. The zero-order valence-corrected chi connectivity index (χ0v) is 11.4. The largest absolute Gasteiger partial charge is 0.384 e. The number of amides is 1. The first-order valence-corrected chi connectivity index (χ1v) is 6.77. The predicted molar refractivity (Wildman–Crippen MR) is 79.9 cm³/mol. The Labute approximate surface area is 118 Å². The van der Waals surface area contributed by atoms with Crippen molar-refractivity contribution < 1.29 is 4.79 Å². The lowest BCUT2D eigenvalue weighted by Crippen LogP contribution is -2.17. The van der Waals surface area contributed by atoms with Crippen molar-refractivity contribution in [3.05, 3.63) is 53.9 Å². The fraction of sp³-hybridized carbons (Fsp3) is 0.250. The number of benzene rings is 1. The average molecular weight is 267 g/mol. The number of para-hydroxylation sites is 1. The van der Waals surface area contributed by atoms with Crippen molar-refractivity contribution >= 4 is 17.3 Å². The summed E-state index contributed by atoms with van der Waals surface area (Å²) in [5.74, 6) is 0.271. The summed E-state index contributed by atoms with van der Waals surface area (Å²) in [7, 11) is 0. The van der Waals surface area contributed by atoms with Gasteiger partial charge >= 0.3 is 0 Å². The third-order valence-corrected chi connectivity index (χ3v) is 3.68. The van der Waals surface area contributed by atoms with Crippen LogP contribution in [0.4, 0.5) is 11.4 Å². The summed E-state index contributed by atoms with van der Waals surface area (Å²) in [5.41, 5.74) is 4.18. The fourth-order valence-electron chi connectivity index (χ4n) is 2.56. The monoisotopic (exact) mass is 267 g/mol. The Kier molecular flexibility index (Phi) is 3.37. The molecule has 3 rings (SSSR count). The van der Waals surface area contributed by atoms with Crippen LogP contribution in [0, 0.1) is 6.92 Å². The van der Waals surface area contributed by atoms with Gasteiger partial charge in [0, 0.05) is 30.8 Å². The summed E-state index contributed by atoms with van der Waals surface area (Å²) < 4.78 is 0. The Morgan fingerprint density at radius 1 is 1.40 bits per heavy atom. The van der Waals surface area contributed by atoms with Crippen molar-refractivity contribution in [3.8, 4) is 0 Å². The van der Waals surface area contributed by atoms with Crippen LogP contribution in [0.2, 0.25) is 0 Å². The minimum atomic E-state index is 0.0320. The molecule has 2 N–H and O–H groups in total. The number of carbonyl (C=O) groups is 1. The smallest absolute Gasteiger partial charge is 0.225 e. The number of rotatable bonds is 3. The number of anilines is 2. The van der Waals surface area contributed by atoms with E-state index in [1.165, 1.54) is 5.56 Å². The van der Waals surface area contributed by atoms with E-state index in [9.17, 15) is 4.79 Å². The molecule has 2 heterocycles. The maximum atomic E-state index is 12.2. The highest BCUT2D eigenvalue weighted by Gasteiger charge is 2.24. The van der Waals surface area contributed by atoms with Gasteiger partial charge < -0.3 is 10.6 Å². The van der Waals surface area contributed by atoms with Gasteiger partial charge in [-0.2, -0.15) is 0 Å². The summed E-state index contributed by atoms with van der Waals surface area (Å²) in [6.07, 6.45) is 3.90. The first kappa shape index (κ1) is 12.7. The molecule has 0 fully saturated rings. The van der Waals surface area contributed by atoms with Gasteiger partial charge in [0.2, 0.25) is 5.91 Å². The summed E-state index contributed by atoms with van der Waals surface area (Å²) in [5, 5.41) is 6.28. The minimum Gasteiger partial charge on any atom is -0.384 e. The number of nitrogens with one attached hydrogen (secondary N) is 2. The molecule has 2 aromatic rings. The SMILES string of the molecule is Cc1ccncc1NC(=O)CC1CNc2ccccc21. The molecule has 1 aliphatic heterocycles. The van der Waals surface area contributed by atoms with E-state index in [0.29, 0.717) is 6.42 Å². The second-order valence-electron chi connectivity index (χ2n) is 5.11. The first-order valence-electron chi connectivity index (χ1n) is 6.77. The first-order chi connectivity index (χ1) is 9.74. The third-order valence-electron chi connectivity index (χ3n) is 3.68. The molecule has 1 amide bonds. The van der Waals surface area contributed by atoms with Crippen LogP contribution in [0.3, 0.4) is 0 Å². The van der Waals surface area contributed by atoms with Crippen molar-refractivity contribution in [2.45, 2.75) is 19.3 Å². The normalized spacial score (nSPS) is 16.4. The summed E-state index contributed by atoms with van der Waals surface area (Å²) in [6.45, 7) is 2.78. The van der Waals surface area contributed by atoms with E-state index in [1.807, 2.05) is 25.1 Å². The van der Waals surface area contributed by atoms with Gasteiger partial charge in [-0.25, -0.2) is 0 Å². The van der Waals surface area contributed by atoms with Crippen LogP contribution in [0.25, 0.3) is 0 Å². The number of nitrogens with zero attached hydrogens (tertiary/aromatic N) is 1. The van der Waals surface area contributed by atoms with Gasteiger partial charge in [-0.1, -0.05) is 18.2 Å². The van der Waals surface area contributed by atoms with Crippen LogP contribution in [0.15, 0.2) is 42.7 Å². The molecule has 0 spiro atoms. The molecule has 1 unspecified atom stereocenters. The summed E-state index contributed by atoms with van der Waals surface area (Å²) >= 11 is 0. The van der Waals surface area contributed by atoms with E-state index in [-0.39, 0.29) is 11.8 Å². The third kappa shape index (κ3) is 2.50. The topological polar surface area (TPSA) is 54.0 Å². The lowest BCUT2D eigenvalue weighted by atomic mass is 9.97. The van der Waals surface area contributed by atoms with Crippen molar-refractivity contribution in [1.29, 1.82) is 0 Å². The number of hydrogen-bond donors (Lipinski definition) is 2. The molecule has 0 saturated carbocycles. The number of aromatic nitrogens is 1. The van der Waals surface area contributed by atoms with E-state index in [1.54, 1.807) is 12.4 Å². The molecule has 4 nitrogen and oxygen atoms in total. The summed E-state index contributed by atoms with van der Waals surface area (Å²) in [6, 6.07) is 10.1. The van der Waals surface area contributed by atoms with E-state index in [2.05, 4.69) is 27.8 Å². The highest BCUT2D eigenvalue weighted by Crippen LogP contribution is 2.33. The van der Waals surface area contributed by atoms with Gasteiger partial charge in [-0.15, -0.1) is 0 Å². The van der Waals surface area contributed by atoms with Crippen molar-refractivity contribution in [1.82, 2.24) is 4.98 Å². The van der Waals surface area contributed by atoms with Crippen molar-refractivity contribution in [2.24, 2.45) is 0 Å². The Bertz CT molecular complexity index is 639. The Morgan fingerprint density at radius 2 is 2.25 bits per heavy atom. The zero-order chi connectivity index (χ0) is 13.9. The molecule has 1 atom stereocenters. The molecule has 1 aromatic carbocycles. The Morgan fingerprint density at radius 3 is 3.10 bits per heavy atom. The van der Waals surface area contributed by atoms with Crippen molar-refractivity contribution in [2.75, 3.05) is 17.2 Å². The van der Waals surface area contributed by atoms with Crippen LogP contribution >= 0.6 is 0 Å². The molecule has 1 aromatic heterocycles. The number of hydrogen-bond acceptors (Lipinski definition) is 3. The molecular weight excluding hydrogens is 250 g/mol. The van der Waals surface area contributed by atoms with E-state index < -0.39 is 0 Å². The van der Waals surface area contributed by atoms with Crippen molar-refractivity contribution in [3.63, 3.8) is 0 Å². The number of pyridine rings is 1. The van der Waals surface area contributed by atoms with Gasteiger partial charge in [-0.05, 0) is 30.2 Å². The molecule has 0 saturated heterocycles. The van der Waals surface area contributed by atoms with E-state index in [0.717, 1.165) is 23.5 Å². The van der Waals surface area contributed by atoms with Crippen LogP contribution in [-0.4, -0.2) is 17.4 Å². The van der Waals surface area contributed by atoms with E-state index in [4.69, 9.17) is 0 Å². The molecule has 0 radical (unpaired) electrons. The van der Waals surface area contributed by atoms with E-state index >= 15 is 0 Å².